The van der Waals surface area contributed by atoms with E-state index in [-0.39, 0.29) is 6.10 Å². The average Bonchev–Trinajstić information content (AvgIpc) is 2.48. The Bertz CT molecular complexity index is 354. The Morgan fingerprint density at radius 2 is 2.13 bits per heavy atom. The van der Waals surface area contributed by atoms with Crippen LogP contribution < -0.4 is 0 Å². The molecule has 0 aromatic carbocycles. The summed E-state index contributed by atoms with van der Waals surface area (Å²) in [5.74, 6) is 4.37. The van der Waals surface area contributed by atoms with Gasteiger partial charge in [0.25, 0.3) is 0 Å². The maximum absolute atomic E-state index is 5.98. The molecule has 1 atom stereocenters. The van der Waals surface area contributed by atoms with Gasteiger partial charge in [-0.2, -0.15) is 0 Å². The van der Waals surface area contributed by atoms with Gasteiger partial charge in [0.2, 0.25) is 0 Å². The summed E-state index contributed by atoms with van der Waals surface area (Å²) in [6.45, 7) is 8.36. The zero-order valence-electron chi connectivity index (χ0n) is 9.83. The second kappa shape index (κ2) is 4.69. The van der Waals surface area contributed by atoms with E-state index in [0.29, 0.717) is 6.42 Å². The van der Waals surface area contributed by atoms with E-state index in [4.69, 9.17) is 15.3 Å². The highest BCUT2D eigenvalue weighted by Gasteiger charge is 2.23. The predicted molar refractivity (Wildman–Crippen MR) is 64.1 cm³/mol. The smallest absolute Gasteiger partial charge is 0.184 e. The van der Waals surface area contributed by atoms with Crippen molar-refractivity contribution >= 4 is 8.32 Å². The van der Waals surface area contributed by atoms with Crippen LogP contribution in [0.25, 0.3) is 0 Å². The van der Waals surface area contributed by atoms with Crippen LogP contribution in [-0.4, -0.2) is 8.32 Å². The van der Waals surface area contributed by atoms with Gasteiger partial charge in [0.1, 0.15) is 17.6 Å². The zero-order valence-corrected chi connectivity index (χ0v) is 10.8. The second-order valence-electron chi connectivity index (χ2n) is 4.58. The first-order chi connectivity index (χ1) is 6.92. The summed E-state index contributed by atoms with van der Waals surface area (Å²) in [6.07, 6.45) is 5.82. The maximum Gasteiger partial charge on any atom is 0.184 e. The minimum Gasteiger partial charge on any atom is -0.464 e. The molecule has 0 aliphatic rings. The maximum atomic E-state index is 5.98. The highest BCUT2D eigenvalue weighted by molar-refractivity contribution is 6.69. The van der Waals surface area contributed by atoms with E-state index in [1.54, 1.807) is 0 Å². The molecule has 82 valence electrons. The summed E-state index contributed by atoms with van der Waals surface area (Å²) in [4.78, 5) is 0. The van der Waals surface area contributed by atoms with Crippen LogP contribution in [0.3, 0.4) is 0 Å². The van der Waals surface area contributed by atoms with Crippen LogP contribution in [0, 0.1) is 19.3 Å². The Hall–Kier alpha value is -0.983. The molecule has 0 N–H and O–H groups in total. The Kier molecular flexibility index (Phi) is 3.78. The van der Waals surface area contributed by atoms with E-state index in [2.05, 4.69) is 25.6 Å². The van der Waals surface area contributed by atoms with Gasteiger partial charge in [-0.15, -0.1) is 12.3 Å². The Morgan fingerprint density at radius 1 is 1.47 bits per heavy atom. The molecule has 0 bridgehead atoms. The van der Waals surface area contributed by atoms with Gasteiger partial charge in [0, 0.05) is 6.42 Å². The van der Waals surface area contributed by atoms with Gasteiger partial charge in [0.15, 0.2) is 8.32 Å². The third-order valence-electron chi connectivity index (χ3n) is 1.88. The molecule has 0 aliphatic carbocycles. The number of terminal acetylenes is 1. The van der Waals surface area contributed by atoms with Crippen molar-refractivity contribution in [2.45, 2.75) is 39.1 Å². The van der Waals surface area contributed by atoms with E-state index >= 15 is 0 Å². The van der Waals surface area contributed by atoms with Crippen LogP contribution >= 0.6 is 0 Å². The molecule has 0 saturated carbocycles. The summed E-state index contributed by atoms with van der Waals surface area (Å²) < 4.78 is 11.5. The number of aryl methyl sites for hydroxylation is 1. The van der Waals surface area contributed by atoms with Crippen molar-refractivity contribution in [3.8, 4) is 12.3 Å². The van der Waals surface area contributed by atoms with Gasteiger partial charge in [-0.05, 0) is 38.7 Å². The summed E-state index contributed by atoms with van der Waals surface area (Å²) in [6, 6.07) is 3.88. The molecule has 1 heterocycles. The van der Waals surface area contributed by atoms with Crippen LogP contribution in [-0.2, 0) is 4.43 Å². The minimum atomic E-state index is -1.59. The summed E-state index contributed by atoms with van der Waals surface area (Å²) >= 11 is 0. The lowest BCUT2D eigenvalue weighted by Gasteiger charge is -2.23. The van der Waals surface area contributed by atoms with Gasteiger partial charge in [-0.1, -0.05) is 0 Å². The standard InChI is InChI=1S/C12H18O2Si/c1-6-7-12(14-15(3,4)5)11-9-8-10(2)13-11/h1,8-9,12H,7H2,2-5H3. The molecule has 0 saturated heterocycles. The van der Waals surface area contributed by atoms with E-state index in [1.165, 1.54) is 0 Å². The monoisotopic (exact) mass is 222 g/mol. The Morgan fingerprint density at radius 3 is 2.53 bits per heavy atom. The summed E-state index contributed by atoms with van der Waals surface area (Å²) in [5.41, 5.74) is 0. The molecule has 0 spiro atoms. The molecule has 0 aliphatic heterocycles. The van der Waals surface area contributed by atoms with E-state index < -0.39 is 8.32 Å². The third kappa shape index (κ3) is 3.94. The number of hydrogen-bond donors (Lipinski definition) is 0. The molecule has 2 nitrogen and oxygen atoms in total. The molecule has 0 fully saturated rings. The fourth-order valence-corrected chi connectivity index (χ4v) is 2.41. The van der Waals surface area contributed by atoms with Crippen LogP contribution in [0.2, 0.25) is 19.6 Å². The average molecular weight is 222 g/mol. The first kappa shape index (κ1) is 12.1. The summed E-state index contributed by atoms with van der Waals surface area (Å²) in [7, 11) is -1.59. The molecule has 0 amide bonds. The lowest BCUT2D eigenvalue weighted by molar-refractivity contribution is 0.172. The lowest BCUT2D eigenvalue weighted by Crippen LogP contribution is -2.27. The van der Waals surface area contributed by atoms with Crippen molar-refractivity contribution in [2.75, 3.05) is 0 Å². The number of rotatable bonds is 4. The summed E-state index contributed by atoms with van der Waals surface area (Å²) in [5, 5.41) is 0. The molecule has 0 radical (unpaired) electrons. The van der Waals surface area contributed by atoms with Crippen LogP contribution in [0.15, 0.2) is 16.5 Å². The molecule has 3 heteroatoms. The fraction of sp³-hybridized carbons (Fsp3) is 0.500. The fourth-order valence-electron chi connectivity index (χ4n) is 1.36. The predicted octanol–water partition coefficient (Wildman–Crippen LogP) is 3.50. The van der Waals surface area contributed by atoms with Gasteiger partial charge < -0.3 is 8.84 Å². The van der Waals surface area contributed by atoms with Crippen molar-refractivity contribution in [1.29, 1.82) is 0 Å². The van der Waals surface area contributed by atoms with Crippen LogP contribution in [0.4, 0.5) is 0 Å². The Balaban J connectivity index is 2.80. The molecular weight excluding hydrogens is 204 g/mol. The SMILES string of the molecule is C#CCC(O[Si](C)(C)C)c1ccc(C)o1. The molecule has 15 heavy (non-hydrogen) atoms. The van der Waals surface area contributed by atoms with Crippen molar-refractivity contribution < 1.29 is 8.84 Å². The van der Waals surface area contributed by atoms with E-state index in [1.807, 2.05) is 19.1 Å². The molecule has 1 unspecified atom stereocenters. The van der Waals surface area contributed by atoms with E-state index in [0.717, 1.165) is 11.5 Å². The third-order valence-corrected chi connectivity index (χ3v) is 2.87. The first-order valence-electron chi connectivity index (χ1n) is 5.10. The highest BCUT2D eigenvalue weighted by Crippen LogP contribution is 2.26. The molecule has 1 aromatic rings. The van der Waals surface area contributed by atoms with Crippen molar-refractivity contribution in [3.63, 3.8) is 0 Å². The first-order valence-corrected chi connectivity index (χ1v) is 8.51. The van der Waals surface area contributed by atoms with E-state index in [9.17, 15) is 0 Å². The second-order valence-corrected chi connectivity index (χ2v) is 9.04. The lowest BCUT2D eigenvalue weighted by atomic mass is 10.2. The molecule has 1 aromatic heterocycles. The van der Waals surface area contributed by atoms with Gasteiger partial charge in [-0.3, -0.25) is 0 Å². The Labute approximate surface area is 92.8 Å². The zero-order chi connectivity index (χ0) is 11.5. The largest absolute Gasteiger partial charge is 0.464 e. The normalized spacial score (nSPS) is 13.5. The van der Waals surface area contributed by atoms with Crippen LogP contribution in [0.5, 0.6) is 0 Å². The van der Waals surface area contributed by atoms with Crippen molar-refractivity contribution in [1.82, 2.24) is 0 Å². The van der Waals surface area contributed by atoms with Crippen molar-refractivity contribution in [2.24, 2.45) is 0 Å². The van der Waals surface area contributed by atoms with Crippen LogP contribution in [0.1, 0.15) is 24.0 Å². The van der Waals surface area contributed by atoms with Gasteiger partial charge in [0.05, 0.1) is 0 Å². The number of furan rings is 1. The topological polar surface area (TPSA) is 22.4 Å². The highest BCUT2D eigenvalue weighted by atomic mass is 28.4. The van der Waals surface area contributed by atoms with Gasteiger partial charge >= 0.3 is 0 Å². The minimum absolute atomic E-state index is 0.0876. The molecular formula is C12H18O2Si. The van der Waals surface area contributed by atoms with Crippen molar-refractivity contribution in [3.05, 3.63) is 23.7 Å². The number of hydrogen-bond acceptors (Lipinski definition) is 2. The van der Waals surface area contributed by atoms with Gasteiger partial charge in [-0.25, -0.2) is 0 Å². The quantitative estimate of drug-likeness (QED) is 0.574. The molecule has 1 rings (SSSR count).